The van der Waals surface area contributed by atoms with Gasteiger partial charge in [0.1, 0.15) is 16.9 Å². The topological polar surface area (TPSA) is 83.5 Å². The SMILES string of the molecule is CN(C)c1nc(CSc2ncnc3nc[nH]c23)ns1. The van der Waals surface area contributed by atoms with Gasteiger partial charge in [-0.2, -0.15) is 4.37 Å². The molecule has 0 aromatic carbocycles. The summed E-state index contributed by atoms with van der Waals surface area (Å²) in [5, 5.41) is 1.77. The first-order valence-electron chi connectivity index (χ1n) is 5.51. The Balaban J connectivity index is 1.76. The van der Waals surface area contributed by atoms with E-state index in [-0.39, 0.29) is 0 Å². The molecule has 7 nitrogen and oxygen atoms in total. The Kier molecular flexibility index (Phi) is 3.30. The van der Waals surface area contributed by atoms with E-state index in [4.69, 9.17) is 0 Å². The first-order valence-corrected chi connectivity index (χ1v) is 7.26. The number of aromatic amines is 1. The van der Waals surface area contributed by atoms with E-state index in [0.29, 0.717) is 11.4 Å². The number of imidazole rings is 1. The van der Waals surface area contributed by atoms with Crippen LogP contribution in [-0.2, 0) is 5.75 Å². The highest BCUT2D eigenvalue weighted by Crippen LogP contribution is 2.25. The van der Waals surface area contributed by atoms with Gasteiger partial charge in [-0.3, -0.25) is 0 Å². The average Bonchev–Trinajstić information content (AvgIpc) is 3.05. The highest BCUT2D eigenvalue weighted by Gasteiger charge is 2.10. The van der Waals surface area contributed by atoms with Crippen molar-refractivity contribution >= 4 is 39.6 Å². The van der Waals surface area contributed by atoms with Crippen molar-refractivity contribution < 1.29 is 0 Å². The molecule has 1 N–H and O–H groups in total. The molecule has 0 unspecified atom stereocenters. The monoisotopic (exact) mass is 293 g/mol. The molecule has 0 aliphatic carbocycles. The molecule has 3 heterocycles. The van der Waals surface area contributed by atoms with Gasteiger partial charge in [0.25, 0.3) is 0 Å². The highest BCUT2D eigenvalue weighted by atomic mass is 32.2. The fraction of sp³-hybridized carbons (Fsp3) is 0.300. The Bertz CT molecular complexity index is 690. The van der Waals surface area contributed by atoms with Crippen molar-refractivity contribution in [3.63, 3.8) is 0 Å². The smallest absolute Gasteiger partial charge is 0.204 e. The van der Waals surface area contributed by atoms with Crippen LogP contribution >= 0.6 is 23.3 Å². The molecule has 0 saturated heterocycles. The number of hydrogen-bond donors (Lipinski definition) is 1. The zero-order chi connectivity index (χ0) is 13.2. The summed E-state index contributed by atoms with van der Waals surface area (Å²) in [6.07, 6.45) is 3.14. The second kappa shape index (κ2) is 5.10. The number of hydrogen-bond acceptors (Lipinski definition) is 8. The number of nitrogens with zero attached hydrogens (tertiary/aromatic N) is 6. The lowest BCUT2D eigenvalue weighted by Crippen LogP contribution is -2.07. The number of rotatable bonds is 4. The van der Waals surface area contributed by atoms with E-state index in [2.05, 4.69) is 29.3 Å². The molecule has 0 fully saturated rings. The van der Waals surface area contributed by atoms with Gasteiger partial charge in [0.2, 0.25) is 5.13 Å². The molecule has 0 aliphatic rings. The predicted molar refractivity (Wildman–Crippen MR) is 75.5 cm³/mol. The molecule has 3 rings (SSSR count). The lowest BCUT2D eigenvalue weighted by Gasteiger charge is -2.04. The maximum absolute atomic E-state index is 4.44. The minimum Gasteiger partial charge on any atom is -0.353 e. The van der Waals surface area contributed by atoms with Crippen LogP contribution in [0.2, 0.25) is 0 Å². The average molecular weight is 293 g/mol. The van der Waals surface area contributed by atoms with E-state index < -0.39 is 0 Å². The molecular formula is C10H11N7S2. The van der Waals surface area contributed by atoms with E-state index in [1.807, 2.05) is 19.0 Å². The lowest BCUT2D eigenvalue weighted by atomic mass is 10.6. The van der Waals surface area contributed by atoms with E-state index in [0.717, 1.165) is 21.5 Å². The molecular weight excluding hydrogens is 282 g/mol. The standard InChI is InChI=1S/C10H11N7S2/c1-17(2)10-15-6(16-19-10)3-18-9-7-8(12-4-11-7)13-5-14-9/h4-5H,3H2,1-2H3,(H,11,12,13,14). The summed E-state index contributed by atoms with van der Waals surface area (Å²) in [7, 11) is 3.91. The van der Waals surface area contributed by atoms with Gasteiger partial charge in [-0.05, 0) is 0 Å². The van der Waals surface area contributed by atoms with E-state index in [1.54, 1.807) is 18.1 Å². The molecule has 0 saturated carbocycles. The summed E-state index contributed by atoms with van der Waals surface area (Å²) >= 11 is 2.97. The molecule has 0 aliphatic heterocycles. The fourth-order valence-corrected chi connectivity index (χ4v) is 2.96. The van der Waals surface area contributed by atoms with Crippen molar-refractivity contribution in [3.8, 4) is 0 Å². The first-order chi connectivity index (χ1) is 9.24. The maximum atomic E-state index is 4.44. The molecule has 3 aromatic rings. The molecule has 98 valence electrons. The molecule has 0 spiro atoms. The third kappa shape index (κ3) is 2.51. The van der Waals surface area contributed by atoms with Crippen molar-refractivity contribution in [1.82, 2.24) is 29.3 Å². The normalized spacial score (nSPS) is 11.1. The van der Waals surface area contributed by atoms with Crippen LogP contribution in [0.4, 0.5) is 5.13 Å². The number of aromatic nitrogens is 6. The van der Waals surface area contributed by atoms with Crippen LogP contribution in [0, 0.1) is 0 Å². The van der Waals surface area contributed by atoms with Crippen LogP contribution in [0.15, 0.2) is 17.7 Å². The summed E-state index contributed by atoms with van der Waals surface area (Å²) in [6.45, 7) is 0. The summed E-state index contributed by atoms with van der Waals surface area (Å²) in [4.78, 5) is 21.9. The Morgan fingerprint density at radius 2 is 2.21 bits per heavy atom. The third-order valence-electron chi connectivity index (χ3n) is 2.37. The quantitative estimate of drug-likeness (QED) is 0.577. The summed E-state index contributed by atoms with van der Waals surface area (Å²) < 4.78 is 4.32. The lowest BCUT2D eigenvalue weighted by molar-refractivity contribution is 1.05. The van der Waals surface area contributed by atoms with Crippen LogP contribution in [0.25, 0.3) is 11.2 Å². The maximum Gasteiger partial charge on any atom is 0.204 e. The molecule has 9 heteroatoms. The Morgan fingerprint density at radius 1 is 1.32 bits per heavy atom. The minimum absolute atomic E-state index is 0.676. The van der Waals surface area contributed by atoms with Gasteiger partial charge in [-0.15, -0.1) is 0 Å². The van der Waals surface area contributed by atoms with Gasteiger partial charge >= 0.3 is 0 Å². The van der Waals surface area contributed by atoms with E-state index in [9.17, 15) is 0 Å². The van der Waals surface area contributed by atoms with Crippen LogP contribution < -0.4 is 4.90 Å². The van der Waals surface area contributed by atoms with Crippen LogP contribution in [0.5, 0.6) is 0 Å². The second-order valence-corrected chi connectivity index (χ2v) is 5.65. The van der Waals surface area contributed by atoms with Crippen molar-refractivity contribution in [1.29, 1.82) is 0 Å². The minimum atomic E-state index is 0.676. The first kappa shape index (κ1) is 12.3. The largest absolute Gasteiger partial charge is 0.353 e. The summed E-state index contributed by atoms with van der Waals surface area (Å²) in [5.41, 5.74) is 1.54. The van der Waals surface area contributed by atoms with Crippen molar-refractivity contribution in [2.24, 2.45) is 0 Å². The molecule has 0 atom stereocenters. The van der Waals surface area contributed by atoms with Crippen molar-refractivity contribution in [2.45, 2.75) is 10.8 Å². The third-order valence-corrected chi connectivity index (χ3v) is 4.27. The summed E-state index contributed by atoms with van der Waals surface area (Å²) in [6, 6.07) is 0. The number of fused-ring (bicyclic) bond motifs is 1. The van der Waals surface area contributed by atoms with Gasteiger partial charge in [0.15, 0.2) is 11.5 Å². The molecule has 0 bridgehead atoms. The van der Waals surface area contributed by atoms with Crippen molar-refractivity contribution in [2.75, 3.05) is 19.0 Å². The second-order valence-electron chi connectivity index (χ2n) is 3.96. The zero-order valence-corrected chi connectivity index (χ0v) is 12.0. The van der Waals surface area contributed by atoms with E-state index >= 15 is 0 Å². The number of nitrogens with one attached hydrogen (secondary N) is 1. The summed E-state index contributed by atoms with van der Waals surface area (Å²) in [5.74, 6) is 1.49. The number of H-pyrrole nitrogens is 1. The molecule has 19 heavy (non-hydrogen) atoms. The predicted octanol–water partition coefficient (Wildman–Crippen LogP) is 1.56. The van der Waals surface area contributed by atoms with E-state index in [1.165, 1.54) is 17.9 Å². The Labute approximate surface area is 117 Å². The van der Waals surface area contributed by atoms with Crippen molar-refractivity contribution in [3.05, 3.63) is 18.5 Å². The van der Waals surface area contributed by atoms with Crippen LogP contribution in [0.1, 0.15) is 5.82 Å². The van der Waals surface area contributed by atoms with Crippen LogP contribution in [-0.4, -0.2) is 43.4 Å². The molecule has 0 radical (unpaired) electrons. The Morgan fingerprint density at radius 3 is 3.00 bits per heavy atom. The molecule has 0 amide bonds. The fourth-order valence-electron chi connectivity index (χ4n) is 1.47. The van der Waals surface area contributed by atoms with Gasteiger partial charge in [0.05, 0.1) is 12.1 Å². The van der Waals surface area contributed by atoms with Crippen LogP contribution in [0.3, 0.4) is 0 Å². The van der Waals surface area contributed by atoms with Gasteiger partial charge in [-0.25, -0.2) is 19.9 Å². The van der Waals surface area contributed by atoms with Gasteiger partial charge in [-0.1, -0.05) is 11.8 Å². The number of anilines is 1. The number of thioether (sulfide) groups is 1. The molecule has 3 aromatic heterocycles. The zero-order valence-electron chi connectivity index (χ0n) is 10.4. The van der Waals surface area contributed by atoms with Gasteiger partial charge < -0.3 is 9.88 Å². The van der Waals surface area contributed by atoms with Gasteiger partial charge in [0, 0.05) is 25.6 Å². The highest BCUT2D eigenvalue weighted by molar-refractivity contribution is 7.98. The Hall–Kier alpha value is -1.74.